The summed E-state index contributed by atoms with van der Waals surface area (Å²) in [6, 6.07) is 0. The van der Waals surface area contributed by atoms with E-state index in [9.17, 15) is 14.7 Å². The van der Waals surface area contributed by atoms with Gasteiger partial charge in [0.05, 0.1) is 18.6 Å². The van der Waals surface area contributed by atoms with E-state index in [2.05, 4.69) is 5.32 Å². The summed E-state index contributed by atoms with van der Waals surface area (Å²) in [5, 5.41) is 12.6. The van der Waals surface area contributed by atoms with Crippen LogP contribution < -0.4 is 5.32 Å². The predicted molar refractivity (Wildman–Crippen MR) is 69.0 cm³/mol. The van der Waals surface area contributed by atoms with Crippen LogP contribution in [0.25, 0.3) is 0 Å². The summed E-state index contributed by atoms with van der Waals surface area (Å²) in [4.78, 5) is 22.5. The Kier molecular flexibility index (Phi) is 7.59. The van der Waals surface area contributed by atoms with Gasteiger partial charge in [-0.15, -0.1) is 0 Å². The van der Waals surface area contributed by atoms with Crippen molar-refractivity contribution in [2.24, 2.45) is 5.92 Å². The van der Waals surface area contributed by atoms with Crippen LogP contribution >= 0.6 is 0 Å². The maximum Gasteiger partial charge on any atom is 0.306 e. The van der Waals surface area contributed by atoms with E-state index in [1.807, 2.05) is 13.8 Å². The number of ether oxygens (including phenoxy) is 1. The number of amides is 1. The summed E-state index contributed by atoms with van der Waals surface area (Å²) in [7, 11) is 0. The van der Waals surface area contributed by atoms with Crippen LogP contribution in [0, 0.1) is 5.92 Å². The van der Waals surface area contributed by atoms with E-state index in [4.69, 9.17) is 4.74 Å². The summed E-state index contributed by atoms with van der Waals surface area (Å²) in [6.07, 6.45) is 0.785. The molecule has 0 aromatic carbocycles. The average Bonchev–Trinajstić information content (AvgIpc) is 2.22. The van der Waals surface area contributed by atoms with Crippen LogP contribution in [-0.4, -0.2) is 35.7 Å². The molecule has 5 heteroatoms. The van der Waals surface area contributed by atoms with Gasteiger partial charge < -0.3 is 15.2 Å². The largest absolute Gasteiger partial charge is 0.466 e. The van der Waals surface area contributed by atoms with Crippen LogP contribution in [0.4, 0.5) is 0 Å². The highest BCUT2D eigenvalue weighted by Gasteiger charge is 2.22. The van der Waals surface area contributed by atoms with Gasteiger partial charge in [-0.3, -0.25) is 9.59 Å². The Bertz CT molecular complexity index is 274. The third-order valence-electron chi connectivity index (χ3n) is 2.38. The number of hydrogen-bond donors (Lipinski definition) is 2. The molecule has 0 saturated heterocycles. The Labute approximate surface area is 109 Å². The minimum absolute atomic E-state index is 0.0754. The first-order valence-electron chi connectivity index (χ1n) is 6.41. The van der Waals surface area contributed by atoms with E-state index in [0.717, 1.165) is 0 Å². The van der Waals surface area contributed by atoms with Crippen LogP contribution in [0.15, 0.2) is 0 Å². The van der Waals surface area contributed by atoms with Gasteiger partial charge in [0.25, 0.3) is 0 Å². The fourth-order valence-electron chi connectivity index (χ4n) is 1.78. The second-order valence-electron chi connectivity index (χ2n) is 5.18. The van der Waals surface area contributed by atoms with Crippen molar-refractivity contribution >= 4 is 11.9 Å². The Morgan fingerprint density at radius 1 is 1.33 bits per heavy atom. The third kappa shape index (κ3) is 8.98. The van der Waals surface area contributed by atoms with Crippen molar-refractivity contribution in [1.82, 2.24) is 5.32 Å². The van der Waals surface area contributed by atoms with E-state index in [1.165, 1.54) is 0 Å². The van der Waals surface area contributed by atoms with Gasteiger partial charge in [0.1, 0.15) is 0 Å². The maximum absolute atomic E-state index is 11.5. The normalized spacial score (nSPS) is 14.1. The highest BCUT2D eigenvalue weighted by atomic mass is 16.5. The van der Waals surface area contributed by atoms with Crippen LogP contribution in [0.5, 0.6) is 0 Å². The van der Waals surface area contributed by atoms with Crippen LogP contribution in [0.1, 0.15) is 47.0 Å². The van der Waals surface area contributed by atoms with Crippen molar-refractivity contribution in [1.29, 1.82) is 0 Å². The van der Waals surface area contributed by atoms with E-state index >= 15 is 0 Å². The molecule has 2 N–H and O–H groups in total. The summed E-state index contributed by atoms with van der Waals surface area (Å²) >= 11 is 0. The van der Waals surface area contributed by atoms with E-state index in [-0.39, 0.29) is 31.3 Å². The van der Waals surface area contributed by atoms with Crippen molar-refractivity contribution in [2.75, 3.05) is 13.2 Å². The molecule has 1 atom stereocenters. The first-order chi connectivity index (χ1) is 8.26. The van der Waals surface area contributed by atoms with Crippen molar-refractivity contribution in [3.05, 3.63) is 0 Å². The van der Waals surface area contributed by atoms with Crippen molar-refractivity contribution in [3.63, 3.8) is 0 Å². The van der Waals surface area contributed by atoms with Gasteiger partial charge in [0.2, 0.25) is 5.91 Å². The first-order valence-corrected chi connectivity index (χ1v) is 6.41. The average molecular weight is 259 g/mol. The first kappa shape index (κ1) is 16.9. The zero-order chi connectivity index (χ0) is 14.2. The molecule has 0 aromatic heterocycles. The van der Waals surface area contributed by atoms with Gasteiger partial charge in [-0.25, -0.2) is 0 Å². The number of hydrogen-bond acceptors (Lipinski definition) is 4. The lowest BCUT2D eigenvalue weighted by Crippen LogP contribution is -2.41. The zero-order valence-electron chi connectivity index (χ0n) is 11.8. The fourth-order valence-corrected chi connectivity index (χ4v) is 1.78. The lowest BCUT2D eigenvalue weighted by atomic mass is 9.94. The number of esters is 1. The number of aliphatic hydroxyl groups is 1. The predicted octanol–water partition coefficient (Wildman–Crippen LogP) is 1.24. The van der Waals surface area contributed by atoms with Crippen LogP contribution in [0.2, 0.25) is 0 Å². The molecule has 0 aliphatic rings. The summed E-state index contributed by atoms with van der Waals surface area (Å²) in [5.74, 6) is -0.259. The van der Waals surface area contributed by atoms with E-state index in [0.29, 0.717) is 18.9 Å². The Balaban J connectivity index is 3.86. The Morgan fingerprint density at radius 2 is 1.94 bits per heavy atom. The van der Waals surface area contributed by atoms with Gasteiger partial charge in [-0.2, -0.15) is 0 Å². The summed E-state index contributed by atoms with van der Waals surface area (Å²) < 4.78 is 4.72. The topological polar surface area (TPSA) is 75.6 Å². The Hall–Kier alpha value is -1.10. The molecule has 0 bridgehead atoms. The quantitative estimate of drug-likeness (QED) is 0.643. The maximum atomic E-state index is 11.5. The monoisotopic (exact) mass is 259 g/mol. The molecule has 0 spiro atoms. The lowest BCUT2D eigenvalue weighted by molar-refractivity contribution is -0.144. The molecule has 0 heterocycles. The molecule has 18 heavy (non-hydrogen) atoms. The second kappa shape index (κ2) is 8.08. The van der Waals surface area contributed by atoms with Crippen LogP contribution in [0.3, 0.4) is 0 Å². The molecule has 0 saturated carbocycles. The molecule has 0 aliphatic heterocycles. The minimum atomic E-state index is -0.909. The van der Waals surface area contributed by atoms with E-state index < -0.39 is 5.60 Å². The molecule has 1 amide bonds. The highest BCUT2D eigenvalue weighted by molar-refractivity contribution is 5.81. The lowest BCUT2D eigenvalue weighted by Gasteiger charge is -2.25. The number of rotatable bonds is 8. The molecular weight excluding hydrogens is 234 g/mol. The molecule has 5 nitrogen and oxygen atoms in total. The fraction of sp³-hybridized carbons (Fsp3) is 0.846. The van der Waals surface area contributed by atoms with Gasteiger partial charge in [-0.05, 0) is 26.2 Å². The van der Waals surface area contributed by atoms with Gasteiger partial charge in [0, 0.05) is 13.0 Å². The minimum Gasteiger partial charge on any atom is -0.466 e. The van der Waals surface area contributed by atoms with Crippen molar-refractivity contribution in [3.8, 4) is 0 Å². The van der Waals surface area contributed by atoms with Gasteiger partial charge in [0.15, 0.2) is 0 Å². The summed E-state index contributed by atoms with van der Waals surface area (Å²) in [6.45, 7) is 7.96. The zero-order valence-corrected chi connectivity index (χ0v) is 11.8. The van der Waals surface area contributed by atoms with Crippen molar-refractivity contribution < 1.29 is 19.4 Å². The van der Waals surface area contributed by atoms with Crippen molar-refractivity contribution in [2.45, 2.75) is 52.6 Å². The third-order valence-corrected chi connectivity index (χ3v) is 2.38. The number of nitrogens with one attached hydrogen (secondary N) is 1. The molecule has 1 unspecified atom stereocenters. The second-order valence-corrected chi connectivity index (χ2v) is 5.18. The molecular formula is C13H25NO4. The van der Waals surface area contributed by atoms with Gasteiger partial charge in [-0.1, -0.05) is 13.8 Å². The highest BCUT2D eigenvalue weighted by Crippen LogP contribution is 2.15. The van der Waals surface area contributed by atoms with E-state index in [1.54, 1.807) is 13.8 Å². The molecule has 106 valence electrons. The molecule has 0 radical (unpaired) electrons. The molecule has 0 rings (SSSR count). The van der Waals surface area contributed by atoms with Gasteiger partial charge >= 0.3 is 5.97 Å². The molecule has 0 fully saturated rings. The Morgan fingerprint density at radius 3 is 2.44 bits per heavy atom. The molecule has 0 aromatic rings. The summed E-state index contributed by atoms with van der Waals surface area (Å²) in [5.41, 5.74) is -0.909. The smallest absolute Gasteiger partial charge is 0.306 e. The standard InChI is InChI=1S/C13H25NO4/c1-5-18-12(16)7-6-11(15)14-9-13(4,17)8-10(2)3/h10,17H,5-9H2,1-4H3,(H,14,15). The SMILES string of the molecule is CCOC(=O)CCC(=O)NCC(C)(O)CC(C)C. The number of carbonyl (C=O) groups excluding carboxylic acids is 2. The number of carbonyl (C=O) groups is 2. The molecule has 0 aliphatic carbocycles. The van der Waals surface area contributed by atoms with Crippen LogP contribution in [-0.2, 0) is 14.3 Å².